The number of hydrogen-bond donors (Lipinski definition) is 4. The van der Waals surface area contributed by atoms with Gasteiger partial charge >= 0.3 is 5.97 Å². The number of nitriles is 1. The van der Waals surface area contributed by atoms with Crippen molar-refractivity contribution in [1.82, 2.24) is 15.3 Å². The van der Waals surface area contributed by atoms with E-state index < -0.39 is 52.3 Å². The van der Waals surface area contributed by atoms with Crippen molar-refractivity contribution in [2.24, 2.45) is 5.41 Å². The quantitative estimate of drug-likeness (QED) is 0.186. The van der Waals surface area contributed by atoms with Crippen molar-refractivity contribution < 1.29 is 23.5 Å². The molecule has 43 heavy (non-hydrogen) atoms. The molecule has 1 aromatic heterocycles. The van der Waals surface area contributed by atoms with E-state index in [0.717, 1.165) is 6.07 Å². The number of aromatic amines is 1. The predicted molar refractivity (Wildman–Crippen MR) is 159 cm³/mol. The van der Waals surface area contributed by atoms with E-state index in [1.54, 1.807) is 12.1 Å². The van der Waals surface area contributed by atoms with Crippen molar-refractivity contribution in [2.75, 3.05) is 5.32 Å². The number of hydrogen-bond acceptors (Lipinski definition) is 5. The average molecular weight is 626 g/mol. The van der Waals surface area contributed by atoms with E-state index in [1.807, 2.05) is 20.8 Å². The van der Waals surface area contributed by atoms with Crippen LogP contribution in [0, 0.1) is 28.4 Å². The SMILES string of the molecule is CC(C)(C)C[C@@H]1N[C@@H](C(=O)Nc2ccc3[nH]c(C(=O)O)nc3c2)[C@H](c2cccc(Cl)c2F)[C@@]1(C#N)c1ccc(Cl)cc1F. The van der Waals surface area contributed by atoms with E-state index in [9.17, 15) is 20.0 Å². The van der Waals surface area contributed by atoms with E-state index in [-0.39, 0.29) is 32.7 Å². The van der Waals surface area contributed by atoms with Crippen LogP contribution >= 0.6 is 23.2 Å². The highest BCUT2D eigenvalue weighted by Crippen LogP contribution is 2.53. The van der Waals surface area contributed by atoms with Gasteiger partial charge in [-0.2, -0.15) is 5.26 Å². The first kappa shape index (κ1) is 30.4. The lowest BCUT2D eigenvalue weighted by atomic mass is 9.62. The van der Waals surface area contributed by atoms with Crippen LogP contribution in [0.15, 0.2) is 54.6 Å². The van der Waals surface area contributed by atoms with E-state index in [2.05, 4.69) is 26.7 Å². The van der Waals surface area contributed by atoms with Gasteiger partial charge in [0.25, 0.3) is 0 Å². The minimum absolute atomic E-state index is 0.0266. The lowest BCUT2D eigenvalue weighted by molar-refractivity contribution is -0.118. The number of carboxylic acid groups (broad SMARTS) is 1. The number of carbonyl (C=O) groups is 2. The Bertz CT molecular complexity index is 1800. The van der Waals surface area contributed by atoms with Crippen LogP contribution in [0.25, 0.3) is 11.0 Å². The number of amides is 1. The number of carbonyl (C=O) groups excluding carboxylic acids is 1. The van der Waals surface area contributed by atoms with Gasteiger partial charge in [-0.25, -0.2) is 18.6 Å². The van der Waals surface area contributed by atoms with Crippen molar-refractivity contribution in [2.45, 2.75) is 50.6 Å². The average Bonchev–Trinajstić information content (AvgIpc) is 3.49. The standard InChI is InChI=1S/C31H27Cl2F2N5O3/c1-30(2,3)13-23-31(14-36,18-9-7-15(32)11-20(18)34)24(17-5-4-6-19(33)25(17)35)26(40-23)28(41)37-16-8-10-21-22(12-16)39-27(38-21)29(42)43/h4-12,23-24,26,40H,13H2,1-3H3,(H,37,41)(H,38,39)(H,42,43)/t23-,24-,26+,31-/m0/s1. The number of halogens is 4. The van der Waals surface area contributed by atoms with Crippen molar-refractivity contribution in [1.29, 1.82) is 5.26 Å². The zero-order valence-corrected chi connectivity index (χ0v) is 24.8. The van der Waals surface area contributed by atoms with Gasteiger partial charge in [-0.05, 0) is 53.8 Å². The second-order valence-corrected chi connectivity index (χ2v) is 12.6. The van der Waals surface area contributed by atoms with Crippen molar-refractivity contribution in [3.05, 3.63) is 93.2 Å². The van der Waals surface area contributed by atoms with Crippen LogP contribution in [0.4, 0.5) is 14.5 Å². The molecule has 4 aromatic rings. The van der Waals surface area contributed by atoms with Gasteiger partial charge in [0.1, 0.15) is 17.0 Å². The fourth-order valence-electron chi connectivity index (χ4n) is 5.96. The van der Waals surface area contributed by atoms with Crippen LogP contribution in [-0.4, -0.2) is 39.0 Å². The molecule has 1 aliphatic heterocycles. The normalized spacial score (nSPS) is 22.0. The fourth-order valence-corrected chi connectivity index (χ4v) is 6.30. The maximum atomic E-state index is 15.8. The van der Waals surface area contributed by atoms with Crippen LogP contribution in [0.2, 0.25) is 10.0 Å². The van der Waals surface area contributed by atoms with Crippen molar-refractivity contribution in [3.8, 4) is 6.07 Å². The third kappa shape index (κ3) is 5.56. The lowest BCUT2D eigenvalue weighted by Gasteiger charge is -2.37. The molecule has 0 saturated carbocycles. The monoisotopic (exact) mass is 625 g/mol. The highest BCUT2D eigenvalue weighted by Gasteiger charge is 2.61. The number of H-pyrrole nitrogens is 1. The molecule has 1 aliphatic rings. The summed E-state index contributed by atoms with van der Waals surface area (Å²) < 4.78 is 31.6. The molecule has 222 valence electrons. The first-order valence-corrected chi connectivity index (χ1v) is 14.1. The highest BCUT2D eigenvalue weighted by atomic mass is 35.5. The molecule has 3 aromatic carbocycles. The van der Waals surface area contributed by atoms with Gasteiger partial charge in [0.05, 0.1) is 28.2 Å². The maximum absolute atomic E-state index is 15.8. The number of carboxylic acids is 1. The summed E-state index contributed by atoms with van der Waals surface area (Å²) in [6.45, 7) is 5.84. The zero-order valence-electron chi connectivity index (χ0n) is 23.3. The summed E-state index contributed by atoms with van der Waals surface area (Å²) in [5.74, 6) is -4.94. The Morgan fingerprint density at radius 3 is 2.53 bits per heavy atom. The number of fused-ring (bicyclic) bond motifs is 1. The molecular formula is C31H27Cl2F2N5O3. The summed E-state index contributed by atoms with van der Waals surface area (Å²) in [4.78, 5) is 32.1. The fraction of sp³-hybridized carbons (Fsp3) is 0.290. The molecule has 1 amide bonds. The van der Waals surface area contributed by atoms with Crippen molar-refractivity contribution in [3.63, 3.8) is 0 Å². The Hall–Kier alpha value is -4.04. The second kappa shape index (κ2) is 11.2. The smallest absolute Gasteiger partial charge is 0.371 e. The largest absolute Gasteiger partial charge is 0.475 e. The molecule has 8 nitrogen and oxygen atoms in total. The van der Waals surface area contributed by atoms with Crippen LogP contribution in [0.3, 0.4) is 0 Å². The number of benzene rings is 3. The molecule has 4 N–H and O–H groups in total. The van der Waals surface area contributed by atoms with Gasteiger partial charge < -0.3 is 20.7 Å². The summed E-state index contributed by atoms with van der Waals surface area (Å²) in [6, 6.07) is 13.1. The van der Waals surface area contributed by atoms with Crippen molar-refractivity contribution >= 4 is 51.8 Å². The van der Waals surface area contributed by atoms with Crippen LogP contribution < -0.4 is 10.6 Å². The highest BCUT2D eigenvalue weighted by molar-refractivity contribution is 6.31. The Morgan fingerprint density at radius 2 is 1.88 bits per heavy atom. The van der Waals surface area contributed by atoms with Gasteiger partial charge in [-0.1, -0.05) is 62.2 Å². The first-order chi connectivity index (χ1) is 20.2. The predicted octanol–water partition coefficient (Wildman–Crippen LogP) is 6.81. The van der Waals surface area contributed by atoms with Gasteiger partial charge in [0.2, 0.25) is 11.7 Å². The molecule has 1 saturated heterocycles. The number of anilines is 1. The molecule has 0 unspecified atom stereocenters. The van der Waals surface area contributed by atoms with Gasteiger partial charge in [0, 0.05) is 28.2 Å². The molecule has 1 fully saturated rings. The molecule has 4 atom stereocenters. The number of nitrogens with zero attached hydrogens (tertiary/aromatic N) is 2. The number of rotatable bonds is 6. The number of aromatic carboxylic acids is 1. The summed E-state index contributed by atoms with van der Waals surface area (Å²) >= 11 is 12.2. The van der Waals surface area contributed by atoms with Gasteiger partial charge in [0.15, 0.2) is 0 Å². The number of aromatic nitrogens is 2. The Labute approximate surface area is 256 Å². The molecule has 0 bridgehead atoms. The van der Waals surface area contributed by atoms with E-state index in [4.69, 9.17) is 23.2 Å². The molecule has 0 spiro atoms. The molecule has 2 heterocycles. The Kier molecular flexibility index (Phi) is 7.94. The summed E-state index contributed by atoms with van der Waals surface area (Å²) in [7, 11) is 0. The van der Waals surface area contributed by atoms with Crippen LogP contribution in [-0.2, 0) is 10.2 Å². The molecule has 5 rings (SSSR count). The van der Waals surface area contributed by atoms with Gasteiger partial charge in [-0.3, -0.25) is 4.79 Å². The molecule has 12 heteroatoms. The molecule has 0 aliphatic carbocycles. The molecular weight excluding hydrogens is 599 g/mol. The van der Waals surface area contributed by atoms with E-state index >= 15 is 8.78 Å². The zero-order chi connectivity index (χ0) is 31.3. The maximum Gasteiger partial charge on any atom is 0.371 e. The summed E-state index contributed by atoms with van der Waals surface area (Å²) in [6.07, 6.45) is 0.322. The second-order valence-electron chi connectivity index (χ2n) is 11.8. The number of nitrogens with one attached hydrogen (secondary N) is 3. The lowest BCUT2D eigenvalue weighted by Crippen LogP contribution is -2.45. The minimum Gasteiger partial charge on any atom is -0.475 e. The topological polar surface area (TPSA) is 131 Å². The van der Waals surface area contributed by atoms with Crippen LogP contribution in [0.1, 0.15) is 54.9 Å². The number of imidazole rings is 1. The third-order valence-corrected chi connectivity index (χ3v) is 8.21. The Morgan fingerprint density at radius 1 is 1.14 bits per heavy atom. The first-order valence-electron chi connectivity index (χ1n) is 13.4. The summed E-state index contributed by atoms with van der Waals surface area (Å²) in [5, 5.41) is 26.2. The van der Waals surface area contributed by atoms with E-state index in [1.165, 1.54) is 36.4 Å². The van der Waals surface area contributed by atoms with E-state index in [0.29, 0.717) is 17.5 Å². The van der Waals surface area contributed by atoms with Gasteiger partial charge in [-0.15, -0.1) is 0 Å². The minimum atomic E-state index is -1.77. The third-order valence-electron chi connectivity index (χ3n) is 7.68. The Balaban J connectivity index is 1.67. The van der Waals surface area contributed by atoms with Crippen LogP contribution in [0.5, 0.6) is 0 Å². The molecule has 0 radical (unpaired) electrons. The summed E-state index contributed by atoms with van der Waals surface area (Å²) in [5.41, 5.74) is -1.18.